The fourth-order valence-corrected chi connectivity index (χ4v) is 2.89. The van der Waals surface area contributed by atoms with Gasteiger partial charge in [-0.25, -0.2) is 0 Å². The van der Waals surface area contributed by atoms with E-state index in [2.05, 4.69) is 15.2 Å². The zero-order valence-electron chi connectivity index (χ0n) is 13.9. The molecule has 0 radical (unpaired) electrons. The lowest BCUT2D eigenvalue weighted by Crippen LogP contribution is -2.36. The predicted octanol–water partition coefficient (Wildman–Crippen LogP) is 3.02. The second kappa shape index (κ2) is 7.61. The van der Waals surface area contributed by atoms with Crippen LogP contribution in [-0.2, 0) is 9.53 Å². The second-order valence-corrected chi connectivity index (χ2v) is 7.36. The number of rotatable bonds is 6. The maximum Gasteiger partial charge on any atom is 0.229 e. The first-order valence-corrected chi connectivity index (χ1v) is 8.25. The Morgan fingerprint density at radius 1 is 1.26 bits per heavy atom. The van der Waals surface area contributed by atoms with Crippen molar-refractivity contribution >= 4 is 22.4 Å². The molecule has 6 nitrogen and oxygen atoms in total. The summed E-state index contributed by atoms with van der Waals surface area (Å²) in [4.78, 5) is 18.3. The van der Waals surface area contributed by atoms with Gasteiger partial charge >= 0.3 is 0 Å². The Morgan fingerprint density at radius 3 is 2.57 bits per heavy atom. The fourth-order valence-electron chi connectivity index (χ4n) is 1.99. The molecule has 0 atom stereocenters. The third-order valence-electron chi connectivity index (χ3n) is 3.07. The Labute approximate surface area is 140 Å². The quantitative estimate of drug-likeness (QED) is 0.812. The molecule has 0 spiro atoms. The minimum absolute atomic E-state index is 0.0342. The third-order valence-corrected chi connectivity index (χ3v) is 4.07. The monoisotopic (exact) mass is 334 g/mol. The van der Waals surface area contributed by atoms with Crippen molar-refractivity contribution in [3.8, 4) is 10.6 Å². The van der Waals surface area contributed by atoms with Gasteiger partial charge in [0.05, 0.1) is 13.2 Å². The first-order valence-electron chi connectivity index (χ1n) is 7.44. The van der Waals surface area contributed by atoms with Gasteiger partial charge in [0.25, 0.3) is 0 Å². The molecule has 0 aliphatic carbocycles. The number of amides is 1. The van der Waals surface area contributed by atoms with Gasteiger partial charge < -0.3 is 4.74 Å². The summed E-state index contributed by atoms with van der Waals surface area (Å²) in [7, 11) is 1.62. The van der Waals surface area contributed by atoms with E-state index in [9.17, 15) is 4.79 Å². The van der Waals surface area contributed by atoms with Crippen LogP contribution in [0.4, 0.5) is 5.13 Å². The average Bonchev–Trinajstić information content (AvgIpc) is 2.96. The molecule has 2 rings (SSSR count). The normalized spacial score (nSPS) is 11.5. The lowest BCUT2D eigenvalue weighted by molar-refractivity contribution is -0.120. The van der Waals surface area contributed by atoms with Gasteiger partial charge in [0.2, 0.25) is 11.0 Å². The molecule has 0 aliphatic rings. The molecule has 0 unspecified atom stereocenters. The smallest absolute Gasteiger partial charge is 0.229 e. The molecule has 0 N–H and O–H groups in total. The predicted molar refractivity (Wildman–Crippen MR) is 91.4 cm³/mol. The summed E-state index contributed by atoms with van der Waals surface area (Å²) >= 11 is 1.40. The Bertz CT molecular complexity index is 637. The number of hydrogen-bond acceptors (Lipinski definition) is 6. The zero-order valence-corrected chi connectivity index (χ0v) is 14.8. The van der Waals surface area contributed by atoms with Crippen molar-refractivity contribution in [1.82, 2.24) is 15.2 Å². The number of anilines is 1. The second-order valence-electron chi connectivity index (χ2n) is 6.40. The van der Waals surface area contributed by atoms with Crippen LogP contribution in [0, 0.1) is 5.41 Å². The van der Waals surface area contributed by atoms with Gasteiger partial charge in [0.1, 0.15) is 5.01 Å². The van der Waals surface area contributed by atoms with Crippen molar-refractivity contribution in [2.75, 3.05) is 25.2 Å². The number of methoxy groups -OCH3 is 1. The van der Waals surface area contributed by atoms with Gasteiger partial charge in [0.15, 0.2) is 0 Å². The largest absolute Gasteiger partial charge is 0.383 e. The van der Waals surface area contributed by atoms with Gasteiger partial charge in [-0.3, -0.25) is 14.7 Å². The maximum atomic E-state index is 12.6. The number of nitrogens with zero attached hydrogens (tertiary/aromatic N) is 4. The summed E-state index contributed by atoms with van der Waals surface area (Å²) in [6.45, 7) is 7.06. The highest BCUT2D eigenvalue weighted by atomic mass is 32.1. The van der Waals surface area contributed by atoms with Crippen LogP contribution in [0.5, 0.6) is 0 Å². The van der Waals surface area contributed by atoms with Crippen LogP contribution in [0.1, 0.15) is 27.2 Å². The maximum absolute atomic E-state index is 12.6. The first-order chi connectivity index (χ1) is 10.9. The van der Waals surface area contributed by atoms with E-state index in [4.69, 9.17) is 4.74 Å². The average molecular weight is 334 g/mol. The molecule has 0 fully saturated rings. The lowest BCUT2D eigenvalue weighted by atomic mass is 9.92. The van der Waals surface area contributed by atoms with Crippen molar-refractivity contribution < 1.29 is 9.53 Å². The number of hydrogen-bond donors (Lipinski definition) is 0. The number of pyridine rings is 1. The van der Waals surface area contributed by atoms with Crippen LogP contribution >= 0.6 is 11.3 Å². The van der Waals surface area contributed by atoms with E-state index in [0.29, 0.717) is 24.7 Å². The summed E-state index contributed by atoms with van der Waals surface area (Å²) in [5.41, 5.74) is 0.861. The van der Waals surface area contributed by atoms with Crippen molar-refractivity contribution in [3.63, 3.8) is 0 Å². The van der Waals surface area contributed by atoms with Crippen LogP contribution in [0.15, 0.2) is 24.5 Å². The highest BCUT2D eigenvalue weighted by Crippen LogP contribution is 2.30. The summed E-state index contributed by atoms with van der Waals surface area (Å²) in [6, 6.07) is 3.75. The van der Waals surface area contributed by atoms with Crippen LogP contribution in [0.2, 0.25) is 0 Å². The summed E-state index contributed by atoms with van der Waals surface area (Å²) in [6.07, 6.45) is 3.87. The summed E-state index contributed by atoms with van der Waals surface area (Å²) in [5, 5.41) is 9.77. The van der Waals surface area contributed by atoms with Gasteiger partial charge in [-0.15, -0.1) is 10.2 Å². The molecular formula is C16H22N4O2S. The first kappa shape index (κ1) is 17.5. The van der Waals surface area contributed by atoms with E-state index >= 15 is 0 Å². The fraction of sp³-hybridized carbons (Fsp3) is 0.500. The van der Waals surface area contributed by atoms with Gasteiger partial charge in [-0.2, -0.15) is 0 Å². The molecule has 2 aromatic heterocycles. The van der Waals surface area contributed by atoms with E-state index < -0.39 is 0 Å². The third kappa shape index (κ3) is 5.07. The summed E-state index contributed by atoms with van der Waals surface area (Å²) < 4.78 is 5.12. The molecule has 0 aliphatic heterocycles. The SMILES string of the molecule is COCCN(C(=O)CC(C)(C)C)c1nnc(-c2ccncc2)s1. The topological polar surface area (TPSA) is 68.2 Å². The molecule has 1 amide bonds. The van der Waals surface area contributed by atoms with Crippen molar-refractivity contribution in [2.45, 2.75) is 27.2 Å². The minimum atomic E-state index is -0.0823. The number of carbonyl (C=O) groups excluding carboxylic acids is 1. The number of aromatic nitrogens is 3. The lowest BCUT2D eigenvalue weighted by Gasteiger charge is -2.24. The van der Waals surface area contributed by atoms with Gasteiger partial charge in [-0.1, -0.05) is 32.1 Å². The van der Waals surface area contributed by atoms with Gasteiger partial charge in [-0.05, 0) is 17.5 Å². The van der Waals surface area contributed by atoms with Gasteiger partial charge in [0, 0.05) is 31.5 Å². The van der Waals surface area contributed by atoms with E-state index in [1.165, 1.54) is 11.3 Å². The number of ether oxygens (including phenoxy) is 1. The van der Waals surface area contributed by atoms with Crippen LogP contribution in [0.3, 0.4) is 0 Å². The number of carbonyl (C=O) groups is 1. The van der Waals surface area contributed by atoms with E-state index in [1.54, 1.807) is 24.4 Å². The van der Waals surface area contributed by atoms with Crippen molar-refractivity contribution in [1.29, 1.82) is 0 Å². The van der Waals surface area contributed by atoms with E-state index in [0.717, 1.165) is 10.6 Å². The molecular weight excluding hydrogens is 312 g/mol. The molecule has 0 bridgehead atoms. The molecule has 0 aromatic carbocycles. The molecule has 2 heterocycles. The molecule has 124 valence electrons. The zero-order chi connectivity index (χ0) is 16.9. The van der Waals surface area contributed by atoms with E-state index in [1.807, 2.05) is 32.9 Å². The Kier molecular flexibility index (Phi) is 5.79. The Balaban J connectivity index is 2.22. The van der Waals surface area contributed by atoms with Crippen LogP contribution in [-0.4, -0.2) is 41.3 Å². The van der Waals surface area contributed by atoms with E-state index in [-0.39, 0.29) is 11.3 Å². The Hall–Kier alpha value is -1.86. The molecule has 23 heavy (non-hydrogen) atoms. The minimum Gasteiger partial charge on any atom is -0.383 e. The molecule has 0 saturated heterocycles. The standard InChI is InChI=1S/C16H22N4O2S/c1-16(2,3)11-13(21)20(9-10-22-4)15-19-18-14(23-15)12-5-7-17-8-6-12/h5-8H,9-11H2,1-4H3. The molecule has 2 aromatic rings. The highest BCUT2D eigenvalue weighted by molar-refractivity contribution is 7.18. The summed E-state index contributed by atoms with van der Waals surface area (Å²) in [5.74, 6) is 0.0342. The molecule has 7 heteroatoms. The van der Waals surface area contributed by atoms with Crippen molar-refractivity contribution in [2.24, 2.45) is 5.41 Å². The van der Waals surface area contributed by atoms with Crippen LogP contribution < -0.4 is 4.90 Å². The van der Waals surface area contributed by atoms with Crippen LogP contribution in [0.25, 0.3) is 10.6 Å². The molecule has 0 saturated carbocycles. The van der Waals surface area contributed by atoms with Crippen molar-refractivity contribution in [3.05, 3.63) is 24.5 Å². The Morgan fingerprint density at radius 2 is 1.96 bits per heavy atom. The highest BCUT2D eigenvalue weighted by Gasteiger charge is 2.25.